The molecule has 0 aliphatic rings. The van der Waals surface area contributed by atoms with Gasteiger partial charge >= 0.3 is 5.97 Å². The molecule has 0 saturated carbocycles. The number of rotatable bonds is 17. The first kappa shape index (κ1) is 22.2. The summed E-state index contributed by atoms with van der Waals surface area (Å²) in [4.78, 5) is 11.0. The van der Waals surface area contributed by atoms with Gasteiger partial charge in [-0.05, 0) is 38.5 Å². The monoisotopic (exact) mass is 324 g/mol. The van der Waals surface area contributed by atoms with Crippen LogP contribution in [0.4, 0.5) is 0 Å². The summed E-state index contributed by atoms with van der Waals surface area (Å²) >= 11 is 0. The number of unbranched alkanes of at least 4 members (excludes halogenated alkanes) is 10. The number of aliphatic carboxylic acids is 1. The summed E-state index contributed by atoms with van der Waals surface area (Å²) in [5.74, 6) is -0.721. The molecule has 1 unspecified atom stereocenters. The van der Waals surface area contributed by atoms with Crippen molar-refractivity contribution in [3.05, 3.63) is 12.2 Å². The fourth-order valence-corrected chi connectivity index (χ4v) is 3.02. The average Bonchev–Trinajstić information content (AvgIpc) is 2.54. The van der Waals surface area contributed by atoms with Crippen LogP contribution in [0.25, 0.3) is 0 Å². The maximum atomic E-state index is 11.0. The molecule has 0 heterocycles. The van der Waals surface area contributed by atoms with Gasteiger partial charge in [0.25, 0.3) is 0 Å². The number of carboxylic acids is 1. The van der Waals surface area contributed by atoms with Crippen LogP contribution in [0, 0.1) is 5.92 Å². The van der Waals surface area contributed by atoms with Crippen LogP contribution >= 0.6 is 0 Å². The Morgan fingerprint density at radius 3 is 1.78 bits per heavy atom. The third-order valence-corrected chi connectivity index (χ3v) is 4.55. The SMILES string of the molecule is CCCCCCCCC=CCCCCCCC(CCC)C(=O)O. The second-order valence-corrected chi connectivity index (χ2v) is 6.84. The van der Waals surface area contributed by atoms with E-state index in [1.165, 1.54) is 70.6 Å². The molecule has 2 nitrogen and oxygen atoms in total. The van der Waals surface area contributed by atoms with E-state index in [4.69, 9.17) is 5.11 Å². The fourth-order valence-electron chi connectivity index (χ4n) is 3.02. The average molecular weight is 325 g/mol. The van der Waals surface area contributed by atoms with E-state index in [9.17, 15) is 4.79 Å². The molecular weight excluding hydrogens is 284 g/mol. The fraction of sp³-hybridized carbons (Fsp3) is 0.857. The van der Waals surface area contributed by atoms with E-state index < -0.39 is 5.97 Å². The van der Waals surface area contributed by atoms with E-state index in [0.29, 0.717) is 0 Å². The Morgan fingerprint density at radius 1 is 0.739 bits per heavy atom. The highest BCUT2D eigenvalue weighted by Crippen LogP contribution is 2.17. The molecule has 23 heavy (non-hydrogen) atoms. The van der Waals surface area contributed by atoms with Gasteiger partial charge in [-0.3, -0.25) is 4.79 Å². The van der Waals surface area contributed by atoms with Gasteiger partial charge in [-0.1, -0.05) is 83.8 Å². The van der Waals surface area contributed by atoms with Crippen molar-refractivity contribution in [1.29, 1.82) is 0 Å². The summed E-state index contributed by atoms with van der Waals surface area (Å²) in [6.45, 7) is 4.33. The van der Waals surface area contributed by atoms with Gasteiger partial charge in [0.05, 0.1) is 5.92 Å². The molecular formula is C21H40O2. The van der Waals surface area contributed by atoms with Crippen molar-refractivity contribution < 1.29 is 9.90 Å². The van der Waals surface area contributed by atoms with Crippen LogP contribution in [0.3, 0.4) is 0 Å². The lowest BCUT2D eigenvalue weighted by atomic mass is 9.96. The number of hydrogen-bond acceptors (Lipinski definition) is 1. The molecule has 136 valence electrons. The highest BCUT2D eigenvalue weighted by atomic mass is 16.4. The van der Waals surface area contributed by atoms with Gasteiger partial charge in [0.2, 0.25) is 0 Å². The Bertz CT molecular complexity index is 284. The van der Waals surface area contributed by atoms with E-state index in [1.807, 2.05) is 0 Å². The summed E-state index contributed by atoms with van der Waals surface area (Å²) in [5, 5.41) is 9.10. The number of carboxylic acid groups (broad SMARTS) is 1. The van der Waals surface area contributed by atoms with Crippen molar-refractivity contribution in [2.45, 2.75) is 110 Å². The Morgan fingerprint density at radius 2 is 1.26 bits per heavy atom. The van der Waals surface area contributed by atoms with Crippen LogP contribution < -0.4 is 0 Å². The van der Waals surface area contributed by atoms with Gasteiger partial charge in [-0.2, -0.15) is 0 Å². The minimum absolute atomic E-state index is 0.114. The van der Waals surface area contributed by atoms with Crippen molar-refractivity contribution in [2.24, 2.45) is 5.92 Å². The molecule has 0 aromatic carbocycles. The Hall–Kier alpha value is -0.790. The molecule has 0 radical (unpaired) electrons. The molecule has 0 rings (SSSR count). The molecule has 0 amide bonds. The molecule has 0 saturated heterocycles. The van der Waals surface area contributed by atoms with Crippen molar-refractivity contribution in [3.63, 3.8) is 0 Å². The minimum atomic E-state index is -0.607. The van der Waals surface area contributed by atoms with Crippen LogP contribution in [0.1, 0.15) is 110 Å². The summed E-state index contributed by atoms with van der Waals surface area (Å²) in [6, 6.07) is 0. The number of hydrogen-bond donors (Lipinski definition) is 1. The summed E-state index contributed by atoms with van der Waals surface area (Å²) < 4.78 is 0. The largest absolute Gasteiger partial charge is 0.481 e. The summed E-state index contributed by atoms with van der Waals surface area (Å²) in [6.07, 6.45) is 22.8. The molecule has 0 fully saturated rings. The number of carbonyl (C=O) groups is 1. The lowest BCUT2D eigenvalue weighted by molar-refractivity contribution is -0.142. The van der Waals surface area contributed by atoms with Gasteiger partial charge in [0.1, 0.15) is 0 Å². The highest BCUT2D eigenvalue weighted by molar-refractivity contribution is 5.69. The zero-order chi connectivity index (χ0) is 17.2. The van der Waals surface area contributed by atoms with Crippen molar-refractivity contribution in [2.75, 3.05) is 0 Å². The maximum Gasteiger partial charge on any atom is 0.306 e. The summed E-state index contributed by atoms with van der Waals surface area (Å²) in [7, 11) is 0. The first-order valence-corrected chi connectivity index (χ1v) is 10.1. The van der Waals surface area contributed by atoms with Gasteiger partial charge in [0.15, 0.2) is 0 Å². The standard InChI is InChI=1S/C21H40O2/c1-3-5-6-7-8-9-10-11-12-13-14-15-16-17-19-20(18-4-2)21(22)23/h11-12,20H,3-10,13-19H2,1-2H3,(H,22,23). The third-order valence-electron chi connectivity index (χ3n) is 4.55. The minimum Gasteiger partial charge on any atom is -0.481 e. The van der Waals surface area contributed by atoms with E-state index in [0.717, 1.165) is 25.7 Å². The summed E-state index contributed by atoms with van der Waals surface area (Å²) in [5.41, 5.74) is 0. The maximum absolute atomic E-state index is 11.0. The first-order chi connectivity index (χ1) is 11.2. The zero-order valence-corrected chi connectivity index (χ0v) is 15.7. The van der Waals surface area contributed by atoms with Crippen molar-refractivity contribution in [3.8, 4) is 0 Å². The smallest absolute Gasteiger partial charge is 0.306 e. The third kappa shape index (κ3) is 15.9. The molecule has 0 spiro atoms. The van der Waals surface area contributed by atoms with Crippen LogP contribution in [0.5, 0.6) is 0 Å². The van der Waals surface area contributed by atoms with Gasteiger partial charge in [0, 0.05) is 0 Å². The van der Waals surface area contributed by atoms with E-state index >= 15 is 0 Å². The normalized spacial score (nSPS) is 12.8. The molecule has 0 aliphatic carbocycles. The number of allylic oxidation sites excluding steroid dienone is 2. The molecule has 1 N–H and O–H groups in total. The molecule has 0 aromatic heterocycles. The Balaban J connectivity index is 3.32. The Kier molecular flexibility index (Phi) is 17.0. The Labute approximate surface area is 144 Å². The van der Waals surface area contributed by atoms with Gasteiger partial charge in [-0.25, -0.2) is 0 Å². The molecule has 2 heteroatoms. The van der Waals surface area contributed by atoms with Gasteiger partial charge in [-0.15, -0.1) is 0 Å². The molecule has 0 aliphatic heterocycles. The quantitative estimate of drug-likeness (QED) is 0.228. The van der Waals surface area contributed by atoms with Crippen LogP contribution in [0.2, 0.25) is 0 Å². The second-order valence-electron chi connectivity index (χ2n) is 6.84. The van der Waals surface area contributed by atoms with Crippen molar-refractivity contribution >= 4 is 5.97 Å². The zero-order valence-electron chi connectivity index (χ0n) is 15.7. The lowest BCUT2D eigenvalue weighted by Gasteiger charge is -2.10. The van der Waals surface area contributed by atoms with E-state index in [2.05, 4.69) is 26.0 Å². The molecule has 1 atom stereocenters. The van der Waals surface area contributed by atoms with Crippen LogP contribution in [0.15, 0.2) is 12.2 Å². The van der Waals surface area contributed by atoms with Crippen molar-refractivity contribution in [1.82, 2.24) is 0 Å². The predicted octanol–water partition coefficient (Wildman–Crippen LogP) is 7.13. The van der Waals surface area contributed by atoms with Crippen LogP contribution in [-0.2, 0) is 4.79 Å². The van der Waals surface area contributed by atoms with E-state index in [1.54, 1.807) is 0 Å². The highest BCUT2D eigenvalue weighted by Gasteiger charge is 2.14. The molecule has 0 bridgehead atoms. The van der Waals surface area contributed by atoms with E-state index in [-0.39, 0.29) is 5.92 Å². The molecule has 0 aromatic rings. The second kappa shape index (κ2) is 17.6. The predicted molar refractivity (Wildman–Crippen MR) is 101 cm³/mol. The first-order valence-electron chi connectivity index (χ1n) is 10.1. The topological polar surface area (TPSA) is 37.3 Å². The lowest BCUT2D eigenvalue weighted by Crippen LogP contribution is -2.13. The van der Waals surface area contributed by atoms with Gasteiger partial charge < -0.3 is 5.11 Å². The van der Waals surface area contributed by atoms with Crippen LogP contribution in [-0.4, -0.2) is 11.1 Å².